The fourth-order valence-electron chi connectivity index (χ4n) is 4.51. The van der Waals surface area contributed by atoms with Gasteiger partial charge in [-0.3, -0.25) is 9.79 Å². The zero-order valence-electron chi connectivity index (χ0n) is 18.2. The number of benzene rings is 2. The van der Waals surface area contributed by atoms with E-state index in [1.165, 1.54) is 17.7 Å². The topological polar surface area (TPSA) is 32.7 Å². The average molecular weight is 401 g/mol. The molecule has 4 rings (SSSR count). The van der Waals surface area contributed by atoms with Gasteiger partial charge in [-0.1, -0.05) is 63.1 Å². The fourth-order valence-corrected chi connectivity index (χ4v) is 4.51. The molecule has 0 spiro atoms. The van der Waals surface area contributed by atoms with Gasteiger partial charge < -0.3 is 4.90 Å². The fraction of sp³-hybridized carbons (Fsp3) is 0.407. The van der Waals surface area contributed by atoms with E-state index >= 15 is 0 Å². The van der Waals surface area contributed by atoms with Crippen molar-refractivity contribution in [3.05, 3.63) is 59.7 Å². The van der Waals surface area contributed by atoms with Crippen LogP contribution in [0.2, 0.25) is 0 Å². The number of fused-ring (bicyclic) bond motifs is 1. The number of carbonyl (C=O) groups excluding carboxylic acids is 1. The van der Waals surface area contributed by atoms with Crippen LogP contribution in [0.25, 0.3) is 17.2 Å². The number of aliphatic imine (C=N–C) groups is 1. The van der Waals surface area contributed by atoms with Crippen LogP contribution in [0, 0.1) is 5.92 Å². The molecule has 1 atom stereocenters. The third kappa shape index (κ3) is 4.40. The molecular weight excluding hydrogens is 368 g/mol. The van der Waals surface area contributed by atoms with Gasteiger partial charge in [-0.2, -0.15) is 0 Å². The van der Waals surface area contributed by atoms with Crippen LogP contribution in [0.3, 0.4) is 0 Å². The van der Waals surface area contributed by atoms with Gasteiger partial charge in [-0.15, -0.1) is 0 Å². The van der Waals surface area contributed by atoms with Crippen molar-refractivity contribution in [2.75, 3.05) is 13.1 Å². The van der Waals surface area contributed by atoms with E-state index in [0.29, 0.717) is 5.92 Å². The first-order valence-corrected chi connectivity index (χ1v) is 11.5. The average Bonchev–Trinajstić information content (AvgIpc) is 3.26. The summed E-state index contributed by atoms with van der Waals surface area (Å²) in [7, 11) is 0. The number of rotatable bonds is 6. The largest absolute Gasteiger partial charge is 0.339 e. The molecule has 2 aromatic carbocycles. The van der Waals surface area contributed by atoms with Crippen LogP contribution in [0.5, 0.6) is 0 Å². The molecule has 0 saturated carbocycles. The summed E-state index contributed by atoms with van der Waals surface area (Å²) in [6, 6.07) is 14.6. The molecule has 1 saturated heterocycles. The molecule has 2 heterocycles. The van der Waals surface area contributed by atoms with Crippen LogP contribution in [-0.4, -0.2) is 29.6 Å². The first-order valence-electron chi connectivity index (χ1n) is 11.5. The van der Waals surface area contributed by atoms with Crippen LogP contribution in [0.15, 0.2) is 53.5 Å². The van der Waals surface area contributed by atoms with Gasteiger partial charge in [0.25, 0.3) is 5.91 Å². The number of nitrogens with zero attached hydrogens (tertiary/aromatic N) is 2. The minimum absolute atomic E-state index is 0.155. The SMILES string of the molecule is CCCC1=Nc2cc(-c3ccc(C(=O)N4CCCC4)cc3)ccc2C=CC1CCC. The summed E-state index contributed by atoms with van der Waals surface area (Å²) in [4.78, 5) is 19.7. The molecule has 30 heavy (non-hydrogen) atoms. The third-order valence-corrected chi connectivity index (χ3v) is 6.19. The Balaban J connectivity index is 1.60. The van der Waals surface area contributed by atoms with Crippen molar-refractivity contribution >= 4 is 23.4 Å². The molecule has 0 bridgehead atoms. The Morgan fingerprint density at radius 2 is 1.73 bits per heavy atom. The van der Waals surface area contributed by atoms with Crippen molar-refractivity contribution in [3.63, 3.8) is 0 Å². The van der Waals surface area contributed by atoms with Crippen molar-refractivity contribution in [2.45, 2.75) is 52.4 Å². The molecule has 0 radical (unpaired) electrons. The van der Waals surface area contributed by atoms with E-state index in [1.807, 2.05) is 17.0 Å². The van der Waals surface area contributed by atoms with Crippen molar-refractivity contribution < 1.29 is 4.79 Å². The van der Waals surface area contributed by atoms with E-state index in [-0.39, 0.29) is 5.91 Å². The molecule has 3 heteroatoms. The molecule has 3 nitrogen and oxygen atoms in total. The Labute approximate surface area is 180 Å². The Hall–Kier alpha value is -2.68. The maximum absolute atomic E-state index is 12.6. The van der Waals surface area contributed by atoms with Crippen molar-refractivity contribution in [1.29, 1.82) is 0 Å². The second kappa shape index (κ2) is 9.42. The monoisotopic (exact) mass is 400 g/mol. The van der Waals surface area contributed by atoms with Gasteiger partial charge in [0.2, 0.25) is 0 Å². The number of allylic oxidation sites excluding steroid dienone is 1. The molecule has 1 fully saturated rings. The number of carbonyl (C=O) groups is 1. The lowest BCUT2D eigenvalue weighted by Gasteiger charge is -2.15. The second-order valence-electron chi connectivity index (χ2n) is 8.46. The molecule has 0 aromatic heterocycles. The summed E-state index contributed by atoms with van der Waals surface area (Å²) >= 11 is 0. The standard InChI is InChI=1S/C27H32N2O/c1-3-7-21-11-12-22-13-16-24(19-26(22)28-25(21)8-4-2)20-9-14-23(15-10-20)27(30)29-17-5-6-18-29/h9-16,19,21H,3-8,17-18H2,1-2H3. The molecule has 2 aliphatic rings. The van der Waals surface area contributed by atoms with Gasteiger partial charge in [-0.25, -0.2) is 0 Å². The van der Waals surface area contributed by atoms with Crippen LogP contribution >= 0.6 is 0 Å². The molecule has 2 aliphatic heterocycles. The van der Waals surface area contributed by atoms with Gasteiger partial charge in [0.1, 0.15) is 0 Å². The minimum atomic E-state index is 0.155. The quantitative estimate of drug-likeness (QED) is 0.519. The molecule has 0 aliphatic carbocycles. The van der Waals surface area contributed by atoms with Crippen LogP contribution in [0.4, 0.5) is 5.69 Å². The van der Waals surface area contributed by atoms with E-state index < -0.39 is 0 Å². The summed E-state index contributed by atoms with van der Waals surface area (Å²) in [5.41, 5.74) is 6.61. The van der Waals surface area contributed by atoms with E-state index in [0.717, 1.165) is 67.6 Å². The maximum Gasteiger partial charge on any atom is 0.253 e. The van der Waals surface area contributed by atoms with E-state index in [9.17, 15) is 4.79 Å². The van der Waals surface area contributed by atoms with Crippen molar-refractivity contribution in [2.24, 2.45) is 10.9 Å². The maximum atomic E-state index is 12.6. The van der Waals surface area contributed by atoms with Crippen molar-refractivity contribution in [1.82, 2.24) is 4.90 Å². The summed E-state index contributed by atoms with van der Waals surface area (Å²) in [5.74, 6) is 0.601. The van der Waals surface area contributed by atoms with E-state index in [2.05, 4.69) is 56.3 Å². The highest BCUT2D eigenvalue weighted by molar-refractivity contribution is 5.95. The normalized spacial score (nSPS) is 18.1. The number of hydrogen-bond donors (Lipinski definition) is 0. The van der Waals surface area contributed by atoms with Gasteiger partial charge >= 0.3 is 0 Å². The lowest BCUT2D eigenvalue weighted by atomic mass is 9.94. The molecule has 1 unspecified atom stereocenters. The Bertz CT molecular complexity index is 949. The first-order chi connectivity index (χ1) is 14.7. The summed E-state index contributed by atoms with van der Waals surface area (Å²) in [6.07, 6.45) is 11.3. The van der Waals surface area contributed by atoms with Gasteiger partial charge in [0.15, 0.2) is 0 Å². The van der Waals surface area contributed by atoms with Gasteiger partial charge in [-0.05, 0) is 60.6 Å². The second-order valence-corrected chi connectivity index (χ2v) is 8.46. The number of likely N-dealkylation sites (tertiary alicyclic amines) is 1. The number of amides is 1. The summed E-state index contributed by atoms with van der Waals surface area (Å²) in [5, 5.41) is 0. The zero-order valence-corrected chi connectivity index (χ0v) is 18.2. The molecular formula is C27H32N2O. The highest BCUT2D eigenvalue weighted by Gasteiger charge is 2.19. The molecule has 156 valence electrons. The smallest absolute Gasteiger partial charge is 0.253 e. The van der Waals surface area contributed by atoms with Gasteiger partial charge in [0, 0.05) is 30.3 Å². The van der Waals surface area contributed by atoms with E-state index in [1.54, 1.807) is 0 Å². The lowest BCUT2D eigenvalue weighted by molar-refractivity contribution is 0.0793. The number of hydrogen-bond acceptors (Lipinski definition) is 2. The van der Waals surface area contributed by atoms with Crippen LogP contribution in [-0.2, 0) is 0 Å². The predicted molar refractivity (Wildman–Crippen MR) is 126 cm³/mol. The third-order valence-electron chi connectivity index (χ3n) is 6.19. The molecule has 0 N–H and O–H groups in total. The summed E-state index contributed by atoms with van der Waals surface area (Å²) in [6.45, 7) is 6.24. The lowest BCUT2D eigenvalue weighted by Crippen LogP contribution is -2.27. The van der Waals surface area contributed by atoms with Crippen molar-refractivity contribution in [3.8, 4) is 11.1 Å². The Morgan fingerprint density at radius 3 is 2.43 bits per heavy atom. The highest BCUT2D eigenvalue weighted by Crippen LogP contribution is 2.33. The Morgan fingerprint density at radius 1 is 1.00 bits per heavy atom. The minimum Gasteiger partial charge on any atom is -0.339 e. The van der Waals surface area contributed by atoms with Gasteiger partial charge in [0.05, 0.1) is 5.69 Å². The highest BCUT2D eigenvalue weighted by atomic mass is 16.2. The van der Waals surface area contributed by atoms with Crippen LogP contribution in [0.1, 0.15) is 68.3 Å². The molecule has 1 amide bonds. The Kier molecular flexibility index (Phi) is 6.47. The molecule has 2 aromatic rings. The van der Waals surface area contributed by atoms with E-state index in [4.69, 9.17) is 4.99 Å². The first kappa shape index (κ1) is 20.6. The predicted octanol–water partition coefficient (Wildman–Crippen LogP) is 6.91. The summed E-state index contributed by atoms with van der Waals surface area (Å²) < 4.78 is 0. The zero-order chi connectivity index (χ0) is 20.9. The van der Waals surface area contributed by atoms with Crippen LogP contribution < -0.4 is 0 Å².